The van der Waals surface area contributed by atoms with E-state index in [1.165, 1.54) is 23.3 Å². The summed E-state index contributed by atoms with van der Waals surface area (Å²) < 4.78 is 1.47. The molecule has 8 nitrogen and oxygen atoms in total. The molecule has 0 saturated carbocycles. The fraction of sp³-hybridized carbons (Fsp3) is 0.300. The van der Waals surface area contributed by atoms with Gasteiger partial charge in [0, 0.05) is 0 Å². The van der Waals surface area contributed by atoms with Gasteiger partial charge in [0.2, 0.25) is 0 Å². The van der Waals surface area contributed by atoms with E-state index in [9.17, 15) is 15.3 Å². The molecule has 0 saturated heterocycles. The van der Waals surface area contributed by atoms with Crippen LogP contribution >= 0.6 is 0 Å². The Labute approximate surface area is 101 Å². The first-order chi connectivity index (χ1) is 8.59. The summed E-state index contributed by atoms with van der Waals surface area (Å²) in [5, 5.41) is 28.8. The minimum Gasteiger partial charge on any atom is -0.387 e. The zero-order chi connectivity index (χ0) is 12.9. The third-order valence-electron chi connectivity index (χ3n) is 2.96. The fourth-order valence-corrected chi connectivity index (χ4v) is 2.00. The van der Waals surface area contributed by atoms with Crippen LogP contribution in [0.3, 0.4) is 0 Å². The molecular weight excluding hydrogens is 238 g/mol. The molecule has 1 aliphatic rings. The van der Waals surface area contributed by atoms with Crippen molar-refractivity contribution in [3.8, 4) is 0 Å². The molecule has 2 heterocycles. The Balaban J connectivity index is 2.17. The summed E-state index contributed by atoms with van der Waals surface area (Å²) in [5.41, 5.74) is 6.78. The Hall–Kier alpha value is -2.03. The predicted molar refractivity (Wildman–Crippen MR) is 62.0 cm³/mol. The second kappa shape index (κ2) is 3.73. The average molecular weight is 249 g/mol. The van der Waals surface area contributed by atoms with E-state index in [1.54, 1.807) is 0 Å². The summed E-state index contributed by atoms with van der Waals surface area (Å²) in [6.07, 6.45) is 0.478. The minimum absolute atomic E-state index is 0.230. The van der Waals surface area contributed by atoms with Gasteiger partial charge in [-0.15, -0.1) is 0 Å². The molecule has 0 unspecified atom stereocenters. The van der Waals surface area contributed by atoms with E-state index in [1.807, 2.05) is 0 Å². The maximum absolute atomic E-state index is 9.83. The van der Waals surface area contributed by atoms with E-state index in [4.69, 9.17) is 5.73 Å². The first kappa shape index (κ1) is 11.1. The Kier molecular flexibility index (Phi) is 2.30. The molecule has 0 bridgehead atoms. The second-order valence-corrected chi connectivity index (χ2v) is 4.06. The van der Waals surface area contributed by atoms with Crippen molar-refractivity contribution in [1.29, 1.82) is 0 Å². The first-order valence-corrected chi connectivity index (χ1v) is 5.29. The predicted octanol–water partition coefficient (Wildman–Crippen LogP) is -1.65. The third kappa shape index (κ3) is 1.40. The van der Waals surface area contributed by atoms with Crippen molar-refractivity contribution in [2.24, 2.45) is 0 Å². The molecule has 0 spiro atoms. The second-order valence-electron chi connectivity index (χ2n) is 4.06. The molecule has 18 heavy (non-hydrogen) atoms. The highest BCUT2D eigenvalue weighted by atomic mass is 16.4. The monoisotopic (exact) mass is 249 g/mol. The van der Waals surface area contributed by atoms with Gasteiger partial charge in [-0.3, -0.25) is 4.57 Å². The molecule has 0 amide bonds. The van der Waals surface area contributed by atoms with Gasteiger partial charge in [-0.25, -0.2) is 15.0 Å². The maximum Gasteiger partial charge on any atom is 0.169 e. The van der Waals surface area contributed by atoms with Gasteiger partial charge < -0.3 is 21.1 Å². The SMILES string of the molecule is Nc1ncnc2c1ncn2C1=C[C@@H](O)[C@@H](O)[C@H]1O. The highest BCUT2D eigenvalue weighted by Gasteiger charge is 2.35. The maximum atomic E-state index is 9.83. The van der Waals surface area contributed by atoms with E-state index in [-0.39, 0.29) is 5.82 Å². The number of aliphatic hydroxyl groups excluding tert-OH is 3. The molecular formula is C10H11N5O3. The molecule has 2 aromatic heterocycles. The van der Waals surface area contributed by atoms with Crippen LogP contribution in [0, 0.1) is 0 Å². The number of aliphatic hydroxyl groups is 3. The zero-order valence-electron chi connectivity index (χ0n) is 9.17. The van der Waals surface area contributed by atoms with Crippen molar-refractivity contribution in [2.45, 2.75) is 18.3 Å². The summed E-state index contributed by atoms with van der Waals surface area (Å²) in [6, 6.07) is 0. The van der Waals surface area contributed by atoms with Gasteiger partial charge in [-0.05, 0) is 6.08 Å². The quantitative estimate of drug-likeness (QED) is 0.476. The Morgan fingerprint density at radius 1 is 1.17 bits per heavy atom. The van der Waals surface area contributed by atoms with Gasteiger partial charge in [0.05, 0.1) is 5.70 Å². The first-order valence-electron chi connectivity index (χ1n) is 5.29. The number of nitrogens with zero attached hydrogens (tertiary/aromatic N) is 4. The normalized spacial score (nSPS) is 27.7. The lowest BCUT2D eigenvalue weighted by Crippen LogP contribution is -2.31. The summed E-state index contributed by atoms with van der Waals surface area (Å²) in [5.74, 6) is 0.230. The Morgan fingerprint density at radius 2 is 1.94 bits per heavy atom. The van der Waals surface area contributed by atoms with Crippen LogP contribution in [0.5, 0.6) is 0 Å². The molecule has 5 N–H and O–H groups in total. The summed E-state index contributed by atoms with van der Waals surface area (Å²) in [6.45, 7) is 0. The number of anilines is 1. The van der Waals surface area contributed by atoms with Gasteiger partial charge in [0.15, 0.2) is 17.0 Å². The highest BCUT2D eigenvalue weighted by Crippen LogP contribution is 2.27. The average Bonchev–Trinajstić information content (AvgIpc) is 2.88. The van der Waals surface area contributed by atoms with Crippen molar-refractivity contribution in [1.82, 2.24) is 19.5 Å². The van der Waals surface area contributed by atoms with E-state index < -0.39 is 18.3 Å². The number of fused-ring (bicyclic) bond motifs is 1. The lowest BCUT2D eigenvalue weighted by molar-refractivity contribution is -0.00622. The number of nitrogens with two attached hydrogens (primary N) is 1. The summed E-state index contributed by atoms with van der Waals surface area (Å²) in [7, 11) is 0. The van der Waals surface area contributed by atoms with Crippen molar-refractivity contribution in [2.75, 3.05) is 5.73 Å². The number of hydrogen-bond donors (Lipinski definition) is 4. The number of imidazole rings is 1. The molecule has 0 fully saturated rings. The van der Waals surface area contributed by atoms with Crippen LogP contribution in [0.1, 0.15) is 0 Å². The number of rotatable bonds is 1. The van der Waals surface area contributed by atoms with E-state index in [0.717, 1.165) is 0 Å². The number of nitrogen functional groups attached to an aromatic ring is 1. The van der Waals surface area contributed by atoms with Gasteiger partial charge in [0.1, 0.15) is 31.0 Å². The van der Waals surface area contributed by atoms with Crippen molar-refractivity contribution in [3.63, 3.8) is 0 Å². The van der Waals surface area contributed by atoms with Crippen LogP contribution in [0.25, 0.3) is 16.9 Å². The third-order valence-corrected chi connectivity index (χ3v) is 2.96. The van der Waals surface area contributed by atoms with Crippen LogP contribution in [0.4, 0.5) is 5.82 Å². The molecule has 0 radical (unpaired) electrons. The molecule has 2 aromatic rings. The molecule has 8 heteroatoms. The highest BCUT2D eigenvalue weighted by molar-refractivity contribution is 5.84. The molecule has 0 aromatic carbocycles. The number of hydrogen-bond acceptors (Lipinski definition) is 7. The van der Waals surface area contributed by atoms with Gasteiger partial charge >= 0.3 is 0 Å². The largest absolute Gasteiger partial charge is 0.387 e. The van der Waals surface area contributed by atoms with Crippen LogP contribution in [-0.2, 0) is 0 Å². The van der Waals surface area contributed by atoms with Crippen LogP contribution in [0.2, 0.25) is 0 Å². The van der Waals surface area contributed by atoms with Gasteiger partial charge in [0.25, 0.3) is 0 Å². The molecule has 3 rings (SSSR count). The Bertz CT molecular complexity index is 637. The van der Waals surface area contributed by atoms with E-state index >= 15 is 0 Å². The topological polar surface area (TPSA) is 130 Å². The van der Waals surface area contributed by atoms with Gasteiger partial charge in [-0.1, -0.05) is 0 Å². The lowest BCUT2D eigenvalue weighted by Gasteiger charge is -2.14. The van der Waals surface area contributed by atoms with Gasteiger partial charge in [-0.2, -0.15) is 0 Å². The molecule has 3 atom stereocenters. The smallest absolute Gasteiger partial charge is 0.169 e. The fourth-order valence-electron chi connectivity index (χ4n) is 2.00. The van der Waals surface area contributed by atoms with Crippen molar-refractivity contribution in [3.05, 3.63) is 18.7 Å². The van der Waals surface area contributed by atoms with Crippen LogP contribution in [-0.4, -0.2) is 53.2 Å². The van der Waals surface area contributed by atoms with Crippen LogP contribution in [0.15, 0.2) is 18.7 Å². The van der Waals surface area contributed by atoms with E-state index in [0.29, 0.717) is 16.9 Å². The molecule has 1 aliphatic carbocycles. The summed E-state index contributed by atoms with van der Waals surface area (Å²) in [4.78, 5) is 11.9. The molecule has 0 aliphatic heterocycles. The van der Waals surface area contributed by atoms with E-state index in [2.05, 4.69) is 15.0 Å². The Morgan fingerprint density at radius 3 is 2.61 bits per heavy atom. The standard InChI is InChI=1S/C10H11N5O3/c11-9-6-10(13-2-12-9)15(3-14-6)4-1-5(16)8(18)7(4)17/h1-3,5,7-8,16-18H,(H2,11,12,13)/t5-,7+,8-/m1/s1. The van der Waals surface area contributed by atoms with Crippen molar-refractivity contribution < 1.29 is 15.3 Å². The minimum atomic E-state index is -1.25. The number of aromatic nitrogens is 4. The van der Waals surface area contributed by atoms with Crippen molar-refractivity contribution >= 4 is 22.7 Å². The van der Waals surface area contributed by atoms with Crippen LogP contribution < -0.4 is 5.73 Å². The summed E-state index contributed by atoms with van der Waals surface area (Å²) >= 11 is 0. The zero-order valence-corrected chi connectivity index (χ0v) is 9.17. The lowest BCUT2D eigenvalue weighted by atomic mass is 10.2. The molecule has 94 valence electrons.